The lowest BCUT2D eigenvalue weighted by Gasteiger charge is -2.26. The minimum atomic E-state index is 0.627. The molecule has 0 bridgehead atoms. The predicted octanol–water partition coefficient (Wildman–Crippen LogP) is 14.3. The molecule has 0 atom stereocenters. The van der Waals surface area contributed by atoms with Crippen LogP contribution in [0.1, 0.15) is 0 Å². The molecule has 3 nitrogen and oxygen atoms in total. The average molecular weight is 691 g/mol. The summed E-state index contributed by atoms with van der Waals surface area (Å²) in [5, 5.41) is 4.76. The highest BCUT2D eigenvalue weighted by molar-refractivity contribution is 5.99. The van der Waals surface area contributed by atoms with Crippen LogP contribution in [0.15, 0.2) is 211 Å². The molecule has 0 N–H and O–H groups in total. The first-order valence-electron chi connectivity index (χ1n) is 18.3. The van der Waals surface area contributed by atoms with Gasteiger partial charge in [-0.05, 0) is 97.9 Å². The Hall–Kier alpha value is -7.23. The fourth-order valence-corrected chi connectivity index (χ4v) is 7.66. The highest BCUT2D eigenvalue weighted by Crippen LogP contribution is 2.41. The molecule has 54 heavy (non-hydrogen) atoms. The van der Waals surface area contributed by atoms with Gasteiger partial charge in [-0.25, -0.2) is 4.98 Å². The highest BCUT2D eigenvalue weighted by Gasteiger charge is 2.18. The van der Waals surface area contributed by atoms with Crippen molar-refractivity contribution in [2.45, 2.75) is 0 Å². The molecule has 0 saturated heterocycles. The maximum atomic E-state index is 6.58. The van der Waals surface area contributed by atoms with Crippen LogP contribution in [0.2, 0.25) is 0 Å². The van der Waals surface area contributed by atoms with Crippen molar-refractivity contribution in [3.8, 4) is 44.8 Å². The minimum Gasteiger partial charge on any atom is -0.435 e. The lowest BCUT2D eigenvalue weighted by molar-refractivity contribution is 0.621. The molecular weight excluding hydrogens is 657 g/mol. The Morgan fingerprint density at radius 2 is 0.870 bits per heavy atom. The second-order valence-corrected chi connectivity index (χ2v) is 13.6. The van der Waals surface area contributed by atoms with Crippen LogP contribution in [0.25, 0.3) is 77.5 Å². The van der Waals surface area contributed by atoms with Crippen LogP contribution in [0.4, 0.5) is 17.1 Å². The van der Waals surface area contributed by atoms with E-state index in [0.29, 0.717) is 5.89 Å². The van der Waals surface area contributed by atoms with E-state index >= 15 is 0 Å². The number of hydrogen-bond donors (Lipinski definition) is 0. The maximum Gasteiger partial charge on any atom is 0.227 e. The van der Waals surface area contributed by atoms with Gasteiger partial charge < -0.3 is 9.32 Å². The van der Waals surface area contributed by atoms with E-state index in [4.69, 9.17) is 9.40 Å². The van der Waals surface area contributed by atoms with Crippen LogP contribution in [0.5, 0.6) is 0 Å². The molecule has 0 unspecified atom stereocenters. The van der Waals surface area contributed by atoms with Crippen LogP contribution in [-0.4, -0.2) is 4.98 Å². The van der Waals surface area contributed by atoms with Gasteiger partial charge >= 0.3 is 0 Å². The zero-order valence-corrected chi connectivity index (χ0v) is 29.4. The predicted molar refractivity (Wildman–Crippen MR) is 225 cm³/mol. The molecule has 1 heterocycles. The summed E-state index contributed by atoms with van der Waals surface area (Å²) in [6.07, 6.45) is 0. The van der Waals surface area contributed by atoms with E-state index in [2.05, 4.69) is 205 Å². The molecule has 10 rings (SSSR count). The van der Waals surface area contributed by atoms with E-state index in [1.54, 1.807) is 0 Å². The quantitative estimate of drug-likeness (QED) is 0.167. The van der Waals surface area contributed by atoms with E-state index in [0.717, 1.165) is 55.6 Å². The summed E-state index contributed by atoms with van der Waals surface area (Å²) in [4.78, 5) is 7.28. The summed E-state index contributed by atoms with van der Waals surface area (Å²) in [5.74, 6) is 0.627. The molecule has 9 aromatic carbocycles. The Labute approximate surface area is 314 Å². The van der Waals surface area contributed by atoms with Gasteiger partial charge in [0, 0.05) is 28.2 Å². The van der Waals surface area contributed by atoms with Crippen LogP contribution in [0, 0.1) is 0 Å². The summed E-state index contributed by atoms with van der Waals surface area (Å²) >= 11 is 0. The average Bonchev–Trinajstić information content (AvgIpc) is 3.69. The number of para-hydroxylation sites is 1. The van der Waals surface area contributed by atoms with Gasteiger partial charge in [0.25, 0.3) is 0 Å². The second-order valence-electron chi connectivity index (χ2n) is 13.6. The minimum absolute atomic E-state index is 0.627. The summed E-state index contributed by atoms with van der Waals surface area (Å²) < 4.78 is 6.58. The van der Waals surface area contributed by atoms with E-state index in [9.17, 15) is 0 Å². The van der Waals surface area contributed by atoms with Crippen LogP contribution in [-0.2, 0) is 0 Å². The molecule has 0 saturated carbocycles. The van der Waals surface area contributed by atoms with Crippen molar-refractivity contribution in [1.82, 2.24) is 4.98 Å². The van der Waals surface area contributed by atoms with Gasteiger partial charge in [-0.15, -0.1) is 0 Å². The van der Waals surface area contributed by atoms with Crippen LogP contribution in [0.3, 0.4) is 0 Å². The summed E-state index contributed by atoms with van der Waals surface area (Å²) in [6, 6.07) is 72.9. The third kappa shape index (κ3) is 5.69. The summed E-state index contributed by atoms with van der Waals surface area (Å²) in [7, 11) is 0. The Kier molecular flexibility index (Phi) is 7.81. The zero-order valence-electron chi connectivity index (χ0n) is 29.4. The summed E-state index contributed by atoms with van der Waals surface area (Å²) in [6.45, 7) is 0. The topological polar surface area (TPSA) is 29.3 Å². The Morgan fingerprint density at radius 3 is 1.59 bits per heavy atom. The monoisotopic (exact) mass is 690 g/mol. The molecule has 10 aromatic rings. The van der Waals surface area contributed by atoms with Crippen molar-refractivity contribution in [2.75, 3.05) is 4.90 Å². The van der Waals surface area contributed by atoms with E-state index in [1.165, 1.54) is 33.0 Å². The summed E-state index contributed by atoms with van der Waals surface area (Å²) in [5.41, 5.74) is 12.7. The number of fused-ring (bicyclic) bond motifs is 3. The molecule has 0 aliphatic rings. The Balaban J connectivity index is 1.06. The Morgan fingerprint density at radius 1 is 0.352 bits per heavy atom. The lowest BCUT2D eigenvalue weighted by atomic mass is 9.97. The largest absolute Gasteiger partial charge is 0.435 e. The fourth-order valence-electron chi connectivity index (χ4n) is 7.66. The standard InChI is InChI=1S/C51H34N2O/c1-2-12-35(13-3-1)36-26-30-41(31-27-36)53(43-19-8-18-40(34-43)46-22-9-16-37-14-4-6-20-44(37)46)42-32-28-39(29-33-42)47-23-11-25-49-50(47)54-51(52-49)48-24-10-17-38-15-5-7-21-45(38)48/h1-34H. The normalized spacial score (nSPS) is 11.3. The van der Waals surface area contributed by atoms with Gasteiger partial charge in [-0.2, -0.15) is 0 Å². The van der Waals surface area contributed by atoms with Gasteiger partial charge in [0.05, 0.1) is 0 Å². The molecule has 254 valence electrons. The van der Waals surface area contributed by atoms with Gasteiger partial charge in [-0.3, -0.25) is 0 Å². The van der Waals surface area contributed by atoms with Crippen LogP contribution >= 0.6 is 0 Å². The van der Waals surface area contributed by atoms with Gasteiger partial charge in [0.15, 0.2) is 5.58 Å². The zero-order chi connectivity index (χ0) is 35.8. The number of hydrogen-bond acceptors (Lipinski definition) is 3. The molecule has 0 amide bonds. The molecular formula is C51H34N2O. The number of rotatable bonds is 7. The van der Waals surface area contributed by atoms with E-state index in [1.807, 2.05) is 6.07 Å². The van der Waals surface area contributed by atoms with Gasteiger partial charge in [0.2, 0.25) is 5.89 Å². The fraction of sp³-hybridized carbons (Fsp3) is 0. The first-order valence-corrected chi connectivity index (χ1v) is 18.3. The molecule has 3 heteroatoms. The highest BCUT2D eigenvalue weighted by atomic mass is 16.3. The molecule has 0 aliphatic heterocycles. The molecule has 0 aliphatic carbocycles. The SMILES string of the molecule is c1ccc(-c2ccc(N(c3ccc(-c4cccc5nc(-c6cccc7ccccc67)oc45)cc3)c3cccc(-c4cccc5ccccc45)c3)cc2)cc1. The number of anilines is 3. The third-order valence-electron chi connectivity index (χ3n) is 10.3. The van der Waals surface area contributed by atoms with E-state index in [-0.39, 0.29) is 0 Å². The maximum absolute atomic E-state index is 6.58. The van der Waals surface area contributed by atoms with Crippen molar-refractivity contribution in [2.24, 2.45) is 0 Å². The number of aromatic nitrogens is 1. The van der Waals surface area contributed by atoms with Crippen molar-refractivity contribution in [1.29, 1.82) is 0 Å². The lowest BCUT2D eigenvalue weighted by Crippen LogP contribution is -2.10. The third-order valence-corrected chi connectivity index (χ3v) is 10.3. The second kappa shape index (κ2) is 13.4. The molecule has 1 aromatic heterocycles. The number of benzene rings is 9. The van der Waals surface area contributed by atoms with Crippen LogP contribution < -0.4 is 4.90 Å². The molecule has 0 fully saturated rings. The first-order chi connectivity index (χ1) is 26.8. The molecule has 0 spiro atoms. The van der Waals surface area contributed by atoms with Gasteiger partial charge in [-0.1, -0.05) is 158 Å². The van der Waals surface area contributed by atoms with Crippen molar-refractivity contribution in [3.05, 3.63) is 206 Å². The number of oxazole rings is 1. The van der Waals surface area contributed by atoms with Crippen molar-refractivity contribution in [3.63, 3.8) is 0 Å². The van der Waals surface area contributed by atoms with Gasteiger partial charge in [0.1, 0.15) is 5.52 Å². The van der Waals surface area contributed by atoms with Crippen molar-refractivity contribution < 1.29 is 4.42 Å². The smallest absolute Gasteiger partial charge is 0.227 e. The Bertz CT molecular complexity index is 2920. The first kappa shape index (κ1) is 31.5. The van der Waals surface area contributed by atoms with Crippen molar-refractivity contribution >= 4 is 49.7 Å². The molecule has 0 radical (unpaired) electrons. The van der Waals surface area contributed by atoms with E-state index < -0.39 is 0 Å². The number of nitrogens with zero attached hydrogens (tertiary/aromatic N) is 2.